The summed E-state index contributed by atoms with van der Waals surface area (Å²) in [5.41, 5.74) is 1.87. The normalized spacial score (nSPS) is 12.7. The Morgan fingerprint density at radius 1 is 1.05 bits per heavy atom. The molecule has 0 fully saturated rings. The van der Waals surface area contributed by atoms with Gasteiger partial charge in [0, 0.05) is 16.8 Å². The van der Waals surface area contributed by atoms with Gasteiger partial charge in [0.05, 0.1) is 0 Å². The van der Waals surface area contributed by atoms with E-state index in [0.717, 1.165) is 5.56 Å². The molecule has 108 valence electrons. The highest BCUT2D eigenvalue weighted by Gasteiger charge is 2.20. The Bertz CT molecular complexity index is 565. The van der Waals surface area contributed by atoms with Crippen LogP contribution in [0.2, 0.25) is 0 Å². The Balaban J connectivity index is 3.10. The van der Waals surface area contributed by atoms with Crippen molar-refractivity contribution in [1.29, 1.82) is 0 Å². The van der Waals surface area contributed by atoms with Crippen molar-refractivity contribution in [1.82, 2.24) is 0 Å². The predicted octanol–water partition coefficient (Wildman–Crippen LogP) is 3.34. The second kappa shape index (κ2) is 5.90. The van der Waals surface area contributed by atoms with Crippen LogP contribution < -0.4 is 5.32 Å². The largest absolute Gasteiger partial charge is 0.478 e. The van der Waals surface area contributed by atoms with Crippen molar-refractivity contribution >= 4 is 17.6 Å². The van der Waals surface area contributed by atoms with Gasteiger partial charge < -0.3 is 10.4 Å². The summed E-state index contributed by atoms with van der Waals surface area (Å²) in [6.45, 7) is 9.11. The number of carboxylic acid groups (broad SMARTS) is 1. The molecular weight excluding hydrogens is 254 g/mol. The predicted molar refractivity (Wildman–Crippen MR) is 79.8 cm³/mol. The van der Waals surface area contributed by atoms with E-state index in [9.17, 15) is 9.59 Å². The van der Waals surface area contributed by atoms with Gasteiger partial charge in [0.1, 0.15) is 0 Å². The van der Waals surface area contributed by atoms with E-state index in [1.165, 1.54) is 13.8 Å². The van der Waals surface area contributed by atoms with Crippen molar-refractivity contribution in [2.75, 3.05) is 5.32 Å². The van der Waals surface area contributed by atoms with Crippen LogP contribution >= 0.6 is 0 Å². The molecule has 1 amide bonds. The number of hydrogen-bond donors (Lipinski definition) is 2. The summed E-state index contributed by atoms with van der Waals surface area (Å²) < 4.78 is 0. The minimum Gasteiger partial charge on any atom is -0.478 e. The van der Waals surface area contributed by atoms with Crippen molar-refractivity contribution in [2.45, 2.75) is 40.0 Å². The zero-order valence-corrected chi connectivity index (χ0v) is 12.6. The standard InChI is InChI=1S/C16H21NO3/c1-10(11(2)15(19)20)14(18)17-13-9-7-6-8-12(13)16(3,4)5/h6-9H,1-5H3,(H,17,18)(H,19,20). The summed E-state index contributed by atoms with van der Waals surface area (Å²) in [5.74, 6) is -1.47. The molecule has 0 heterocycles. The molecule has 0 aliphatic rings. The zero-order valence-electron chi connectivity index (χ0n) is 12.6. The van der Waals surface area contributed by atoms with Crippen LogP contribution in [0, 0.1) is 0 Å². The van der Waals surface area contributed by atoms with E-state index < -0.39 is 5.97 Å². The Kier molecular flexibility index (Phi) is 4.71. The fourth-order valence-corrected chi connectivity index (χ4v) is 1.79. The van der Waals surface area contributed by atoms with E-state index in [-0.39, 0.29) is 22.5 Å². The Labute approximate surface area is 119 Å². The van der Waals surface area contributed by atoms with Crippen LogP contribution in [0.3, 0.4) is 0 Å². The minimum atomic E-state index is -1.08. The topological polar surface area (TPSA) is 66.4 Å². The van der Waals surface area contributed by atoms with E-state index in [1.807, 2.05) is 24.3 Å². The molecule has 0 saturated heterocycles. The molecule has 1 aromatic carbocycles. The maximum atomic E-state index is 12.1. The van der Waals surface area contributed by atoms with E-state index >= 15 is 0 Å². The van der Waals surface area contributed by atoms with Crippen LogP contribution in [-0.2, 0) is 15.0 Å². The lowest BCUT2D eigenvalue weighted by atomic mass is 9.86. The van der Waals surface area contributed by atoms with Crippen LogP contribution in [0.1, 0.15) is 40.2 Å². The number of rotatable bonds is 3. The van der Waals surface area contributed by atoms with Gasteiger partial charge in [0.25, 0.3) is 5.91 Å². The highest BCUT2D eigenvalue weighted by atomic mass is 16.4. The lowest BCUT2D eigenvalue weighted by Gasteiger charge is -2.23. The number of benzene rings is 1. The SMILES string of the molecule is CC(C(=O)O)=C(C)C(=O)Nc1ccccc1C(C)(C)C. The van der Waals surface area contributed by atoms with Gasteiger partial charge in [-0.2, -0.15) is 0 Å². The van der Waals surface area contributed by atoms with Gasteiger partial charge in [-0.1, -0.05) is 39.0 Å². The molecule has 0 aliphatic carbocycles. The Morgan fingerprint density at radius 3 is 2.10 bits per heavy atom. The molecular formula is C16H21NO3. The van der Waals surface area contributed by atoms with Crippen molar-refractivity contribution in [2.24, 2.45) is 0 Å². The fourth-order valence-electron chi connectivity index (χ4n) is 1.79. The van der Waals surface area contributed by atoms with Crippen LogP contribution in [0.4, 0.5) is 5.69 Å². The maximum Gasteiger partial charge on any atom is 0.331 e. The highest BCUT2D eigenvalue weighted by Crippen LogP contribution is 2.29. The number of carboxylic acids is 1. The molecule has 0 saturated carbocycles. The summed E-state index contributed by atoms with van der Waals surface area (Å²) in [5, 5.41) is 11.7. The second-order valence-corrected chi connectivity index (χ2v) is 5.80. The third-order valence-electron chi connectivity index (χ3n) is 3.21. The molecule has 2 N–H and O–H groups in total. The average Bonchev–Trinajstić information content (AvgIpc) is 2.36. The second-order valence-electron chi connectivity index (χ2n) is 5.80. The monoisotopic (exact) mass is 275 g/mol. The number of aliphatic carboxylic acids is 1. The number of carbonyl (C=O) groups excluding carboxylic acids is 1. The van der Waals surface area contributed by atoms with Crippen molar-refractivity contribution in [3.8, 4) is 0 Å². The van der Waals surface area contributed by atoms with E-state index in [2.05, 4.69) is 26.1 Å². The molecule has 4 heteroatoms. The molecule has 20 heavy (non-hydrogen) atoms. The number of anilines is 1. The van der Waals surface area contributed by atoms with Crippen molar-refractivity contribution < 1.29 is 14.7 Å². The molecule has 1 aromatic rings. The van der Waals surface area contributed by atoms with E-state index in [1.54, 1.807) is 0 Å². The van der Waals surface area contributed by atoms with Crippen LogP contribution in [0.5, 0.6) is 0 Å². The van der Waals surface area contributed by atoms with Gasteiger partial charge in [-0.05, 0) is 30.9 Å². The molecule has 0 aromatic heterocycles. The molecule has 0 bridgehead atoms. The van der Waals surface area contributed by atoms with Crippen LogP contribution in [0.25, 0.3) is 0 Å². The average molecular weight is 275 g/mol. The molecule has 0 radical (unpaired) electrons. The quantitative estimate of drug-likeness (QED) is 0.831. The van der Waals surface area contributed by atoms with Gasteiger partial charge >= 0.3 is 5.97 Å². The first-order chi connectivity index (χ1) is 9.14. The number of para-hydroxylation sites is 1. The first-order valence-electron chi connectivity index (χ1n) is 6.46. The van der Waals surface area contributed by atoms with Gasteiger partial charge in [-0.25, -0.2) is 4.79 Å². The van der Waals surface area contributed by atoms with E-state index in [0.29, 0.717) is 5.69 Å². The van der Waals surface area contributed by atoms with Gasteiger partial charge in [-0.15, -0.1) is 0 Å². The van der Waals surface area contributed by atoms with E-state index in [4.69, 9.17) is 5.11 Å². The number of carbonyl (C=O) groups is 2. The van der Waals surface area contributed by atoms with Gasteiger partial charge in [0.2, 0.25) is 0 Å². The molecule has 4 nitrogen and oxygen atoms in total. The summed E-state index contributed by atoms with van der Waals surface area (Å²) in [7, 11) is 0. The Hall–Kier alpha value is -2.10. The molecule has 0 spiro atoms. The lowest BCUT2D eigenvalue weighted by molar-refractivity contribution is -0.133. The van der Waals surface area contributed by atoms with Crippen molar-refractivity contribution in [3.05, 3.63) is 41.0 Å². The summed E-state index contributed by atoms with van der Waals surface area (Å²) in [4.78, 5) is 23.0. The number of amides is 1. The van der Waals surface area contributed by atoms with Crippen molar-refractivity contribution in [3.63, 3.8) is 0 Å². The summed E-state index contributed by atoms with van der Waals surface area (Å²) in [6, 6.07) is 7.54. The van der Waals surface area contributed by atoms with Gasteiger partial charge in [-0.3, -0.25) is 4.79 Å². The van der Waals surface area contributed by atoms with Gasteiger partial charge in [0.15, 0.2) is 0 Å². The fraction of sp³-hybridized carbons (Fsp3) is 0.375. The molecule has 0 aliphatic heterocycles. The molecule has 0 atom stereocenters. The number of hydrogen-bond acceptors (Lipinski definition) is 2. The van der Waals surface area contributed by atoms with Crippen LogP contribution in [0.15, 0.2) is 35.4 Å². The first-order valence-corrected chi connectivity index (χ1v) is 6.46. The lowest BCUT2D eigenvalue weighted by Crippen LogP contribution is -2.20. The zero-order chi connectivity index (χ0) is 15.5. The smallest absolute Gasteiger partial charge is 0.331 e. The van der Waals surface area contributed by atoms with Crippen LogP contribution in [-0.4, -0.2) is 17.0 Å². The highest BCUT2D eigenvalue weighted by molar-refractivity contribution is 6.08. The third-order valence-corrected chi connectivity index (χ3v) is 3.21. The Morgan fingerprint density at radius 2 is 1.60 bits per heavy atom. The number of nitrogens with one attached hydrogen (secondary N) is 1. The maximum absolute atomic E-state index is 12.1. The minimum absolute atomic E-state index is 0.0516. The summed E-state index contributed by atoms with van der Waals surface area (Å²) >= 11 is 0. The first kappa shape index (κ1) is 16.0. The molecule has 1 rings (SSSR count). The summed E-state index contributed by atoms with van der Waals surface area (Å²) in [6.07, 6.45) is 0. The molecule has 0 unspecified atom stereocenters. The third kappa shape index (κ3) is 3.70.